The van der Waals surface area contributed by atoms with E-state index in [1.165, 1.54) is 5.56 Å². The van der Waals surface area contributed by atoms with Crippen molar-refractivity contribution in [3.05, 3.63) is 41.6 Å². The lowest BCUT2D eigenvalue weighted by Gasteiger charge is -2.23. The van der Waals surface area contributed by atoms with Gasteiger partial charge in [0.2, 0.25) is 0 Å². The van der Waals surface area contributed by atoms with Crippen LogP contribution in [0.15, 0.2) is 36.0 Å². The molecule has 3 nitrogen and oxygen atoms in total. The first-order valence-electron chi connectivity index (χ1n) is 5.96. The summed E-state index contributed by atoms with van der Waals surface area (Å²) in [6, 6.07) is 7.27. The van der Waals surface area contributed by atoms with Gasteiger partial charge in [-0.1, -0.05) is 18.2 Å². The van der Waals surface area contributed by atoms with Crippen molar-refractivity contribution in [1.82, 2.24) is 5.32 Å². The topological polar surface area (TPSA) is 52.5 Å². The fraction of sp³-hybridized carbons (Fsp3) is 0.429. The fourth-order valence-corrected chi connectivity index (χ4v) is 2.27. The number of phenolic OH excluding ortho intramolecular Hbond substituents is 1. The molecule has 0 radical (unpaired) electrons. The van der Waals surface area contributed by atoms with Crippen molar-refractivity contribution in [2.75, 3.05) is 13.2 Å². The van der Waals surface area contributed by atoms with Crippen molar-refractivity contribution in [1.29, 1.82) is 0 Å². The number of phenols is 1. The number of nitrogens with one attached hydrogen (secondary N) is 1. The first-order valence-corrected chi connectivity index (χ1v) is 5.96. The SMILES string of the molecule is CC1=CC(CO)(CCc2ccc(O)cc2)CN1. The molecule has 0 aliphatic carbocycles. The molecule has 0 aromatic heterocycles. The number of aryl methyl sites for hydroxylation is 1. The van der Waals surface area contributed by atoms with Crippen LogP contribution >= 0.6 is 0 Å². The van der Waals surface area contributed by atoms with E-state index in [2.05, 4.69) is 11.4 Å². The number of rotatable bonds is 4. The van der Waals surface area contributed by atoms with Gasteiger partial charge in [-0.15, -0.1) is 0 Å². The van der Waals surface area contributed by atoms with Crippen LogP contribution in [-0.4, -0.2) is 23.4 Å². The Hall–Kier alpha value is -1.48. The van der Waals surface area contributed by atoms with E-state index in [1.54, 1.807) is 12.1 Å². The second-order valence-corrected chi connectivity index (χ2v) is 4.87. The van der Waals surface area contributed by atoms with Crippen LogP contribution in [0.2, 0.25) is 0 Å². The van der Waals surface area contributed by atoms with Gasteiger partial charge in [-0.2, -0.15) is 0 Å². The molecule has 2 rings (SSSR count). The summed E-state index contributed by atoms with van der Waals surface area (Å²) < 4.78 is 0. The van der Waals surface area contributed by atoms with Crippen LogP contribution in [0.3, 0.4) is 0 Å². The van der Waals surface area contributed by atoms with Crippen LogP contribution < -0.4 is 5.32 Å². The van der Waals surface area contributed by atoms with Crippen molar-refractivity contribution in [3.8, 4) is 5.75 Å². The largest absolute Gasteiger partial charge is 0.508 e. The van der Waals surface area contributed by atoms with E-state index in [9.17, 15) is 10.2 Å². The molecule has 0 fully saturated rings. The van der Waals surface area contributed by atoms with Gasteiger partial charge in [-0.05, 0) is 37.5 Å². The van der Waals surface area contributed by atoms with E-state index in [-0.39, 0.29) is 12.0 Å². The van der Waals surface area contributed by atoms with E-state index in [0.717, 1.165) is 25.1 Å². The maximum Gasteiger partial charge on any atom is 0.115 e. The number of aromatic hydroxyl groups is 1. The van der Waals surface area contributed by atoms with Crippen molar-refractivity contribution < 1.29 is 10.2 Å². The minimum absolute atomic E-state index is 0.123. The quantitative estimate of drug-likeness (QED) is 0.743. The summed E-state index contributed by atoms with van der Waals surface area (Å²) in [4.78, 5) is 0. The molecular formula is C14H19NO2. The van der Waals surface area contributed by atoms with E-state index >= 15 is 0 Å². The van der Waals surface area contributed by atoms with E-state index < -0.39 is 0 Å². The molecule has 1 aromatic carbocycles. The molecule has 1 aromatic rings. The predicted molar refractivity (Wildman–Crippen MR) is 67.7 cm³/mol. The third-order valence-corrected chi connectivity index (χ3v) is 3.40. The second kappa shape index (κ2) is 4.80. The third kappa shape index (κ3) is 2.80. The standard InChI is InChI=1S/C14H19NO2/c1-11-8-14(10-16,9-15-11)7-6-12-2-4-13(17)5-3-12/h2-5,8,15-17H,6-7,9-10H2,1H3. The molecule has 0 spiro atoms. The molecule has 0 amide bonds. The lowest BCUT2D eigenvalue weighted by Crippen LogP contribution is -2.29. The zero-order valence-corrected chi connectivity index (χ0v) is 10.1. The van der Waals surface area contributed by atoms with E-state index in [4.69, 9.17) is 0 Å². The molecule has 0 saturated heterocycles. The van der Waals surface area contributed by atoms with Gasteiger partial charge in [-0.3, -0.25) is 0 Å². The number of hydrogen-bond donors (Lipinski definition) is 3. The Morgan fingerprint density at radius 1 is 1.29 bits per heavy atom. The smallest absolute Gasteiger partial charge is 0.115 e. The normalized spacial score (nSPS) is 23.3. The molecule has 0 bridgehead atoms. The summed E-state index contributed by atoms with van der Waals surface area (Å²) in [6.45, 7) is 3.01. The Labute approximate surface area is 102 Å². The number of aliphatic hydroxyl groups excluding tert-OH is 1. The molecule has 0 saturated carbocycles. The molecule has 1 aliphatic rings. The van der Waals surface area contributed by atoms with Crippen LogP contribution in [0.1, 0.15) is 18.9 Å². The molecule has 1 atom stereocenters. The highest BCUT2D eigenvalue weighted by Crippen LogP contribution is 2.30. The summed E-state index contributed by atoms with van der Waals surface area (Å²) in [7, 11) is 0. The first-order chi connectivity index (χ1) is 8.13. The van der Waals surface area contributed by atoms with Crippen molar-refractivity contribution >= 4 is 0 Å². The van der Waals surface area contributed by atoms with Gasteiger partial charge in [-0.25, -0.2) is 0 Å². The number of benzene rings is 1. The van der Waals surface area contributed by atoms with Crippen LogP contribution in [0.4, 0.5) is 0 Å². The minimum Gasteiger partial charge on any atom is -0.508 e. The fourth-order valence-electron chi connectivity index (χ4n) is 2.27. The summed E-state index contributed by atoms with van der Waals surface area (Å²) in [5, 5.41) is 22.0. The van der Waals surface area contributed by atoms with E-state index in [0.29, 0.717) is 5.75 Å². The average molecular weight is 233 g/mol. The number of allylic oxidation sites excluding steroid dienone is 1. The molecule has 3 N–H and O–H groups in total. The third-order valence-electron chi connectivity index (χ3n) is 3.40. The van der Waals surface area contributed by atoms with Crippen LogP contribution in [0, 0.1) is 5.41 Å². The summed E-state index contributed by atoms with van der Waals surface area (Å²) in [5.41, 5.74) is 2.21. The highest BCUT2D eigenvalue weighted by atomic mass is 16.3. The average Bonchev–Trinajstić information content (AvgIpc) is 2.71. The lowest BCUT2D eigenvalue weighted by atomic mass is 9.84. The number of aliphatic hydroxyl groups is 1. The van der Waals surface area contributed by atoms with Gasteiger partial charge >= 0.3 is 0 Å². The molecule has 92 valence electrons. The van der Waals surface area contributed by atoms with E-state index in [1.807, 2.05) is 19.1 Å². The van der Waals surface area contributed by atoms with Crippen molar-refractivity contribution in [2.24, 2.45) is 5.41 Å². The van der Waals surface area contributed by atoms with Gasteiger partial charge < -0.3 is 15.5 Å². The predicted octanol–water partition coefficient (Wildman–Crippen LogP) is 1.81. The Bertz CT molecular complexity index is 411. The Kier molecular flexibility index (Phi) is 3.38. The molecule has 17 heavy (non-hydrogen) atoms. The van der Waals surface area contributed by atoms with Gasteiger partial charge in [0.1, 0.15) is 5.75 Å². The molecule has 1 heterocycles. The zero-order chi connectivity index (χ0) is 12.3. The van der Waals surface area contributed by atoms with Crippen LogP contribution in [-0.2, 0) is 6.42 Å². The summed E-state index contributed by atoms with van der Waals surface area (Å²) in [6.07, 6.45) is 3.96. The Morgan fingerprint density at radius 2 is 2.00 bits per heavy atom. The molecule has 3 heteroatoms. The highest BCUT2D eigenvalue weighted by Gasteiger charge is 2.30. The van der Waals surface area contributed by atoms with Crippen LogP contribution in [0.25, 0.3) is 0 Å². The Balaban J connectivity index is 1.99. The van der Waals surface area contributed by atoms with Crippen LogP contribution in [0.5, 0.6) is 5.75 Å². The highest BCUT2D eigenvalue weighted by molar-refractivity contribution is 5.26. The first kappa shape index (κ1) is 12.0. The number of hydrogen-bond acceptors (Lipinski definition) is 3. The zero-order valence-electron chi connectivity index (χ0n) is 10.1. The molecular weight excluding hydrogens is 214 g/mol. The van der Waals surface area contributed by atoms with Crippen molar-refractivity contribution in [2.45, 2.75) is 19.8 Å². The minimum atomic E-state index is -0.123. The van der Waals surface area contributed by atoms with Crippen molar-refractivity contribution in [3.63, 3.8) is 0 Å². The lowest BCUT2D eigenvalue weighted by molar-refractivity contribution is 0.168. The monoisotopic (exact) mass is 233 g/mol. The van der Waals surface area contributed by atoms with Gasteiger partial charge in [0, 0.05) is 17.7 Å². The second-order valence-electron chi connectivity index (χ2n) is 4.87. The maximum atomic E-state index is 9.53. The molecule has 1 unspecified atom stereocenters. The molecule has 1 aliphatic heterocycles. The Morgan fingerprint density at radius 3 is 2.53 bits per heavy atom. The summed E-state index contributed by atoms with van der Waals surface area (Å²) >= 11 is 0. The van der Waals surface area contributed by atoms with Gasteiger partial charge in [0.05, 0.1) is 6.61 Å². The maximum absolute atomic E-state index is 9.53. The van der Waals surface area contributed by atoms with Gasteiger partial charge in [0.25, 0.3) is 0 Å². The summed E-state index contributed by atoms with van der Waals surface area (Å²) in [5.74, 6) is 0.295. The van der Waals surface area contributed by atoms with Gasteiger partial charge in [0.15, 0.2) is 0 Å².